The molecule has 1 aromatic heterocycles. The maximum absolute atomic E-state index is 12.7. The Labute approximate surface area is 144 Å². The lowest BCUT2D eigenvalue weighted by Gasteiger charge is -2.31. The van der Waals surface area contributed by atoms with Gasteiger partial charge in [0, 0.05) is 36.6 Å². The normalized spacial score (nSPS) is 19.8. The molecule has 0 bridgehead atoms. The van der Waals surface area contributed by atoms with Gasteiger partial charge in [0.25, 0.3) is 0 Å². The number of carbonyl (C=O) groups is 2. The van der Waals surface area contributed by atoms with Gasteiger partial charge in [0.05, 0.1) is 6.54 Å². The second-order valence-corrected chi connectivity index (χ2v) is 7.19. The number of hydrogen-bond donors (Lipinski definition) is 1. The van der Waals surface area contributed by atoms with Crippen molar-refractivity contribution < 1.29 is 9.59 Å². The molecule has 0 saturated heterocycles. The number of urea groups is 1. The summed E-state index contributed by atoms with van der Waals surface area (Å²) in [5.41, 5.74) is 1.72. The Balaban J connectivity index is 1.60. The number of amides is 2. The van der Waals surface area contributed by atoms with Crippen LogP contribution in [-0.2, 0) is 13.1 Å². The third kappa shape index (κ3) is 4.00. The molecule has 1 N–H and O–H groups in total. The fraction of sp³-hybridized carbons (Fsp3) is 0.684. The lowest BCUT2D eigenvalue weighted by atomic mass is 10.1. The summed E-state index contributed by atoms with van der Waals surface area (Å²) < 4.78 is 2.10. The summed E-state index contributed by atoms with van der Waals surface area (Å²) in [5, 5.41) is 3.25. The first kappa shape index (κ1) is 17.1. The first-order chi connectivity index (χ1) is 11.6. The van der Waals surface area contributed by atoms with Gasteiger partial charge in [-0.3, -0.25) is 4.79 Å². The second kappa shape index (κ2) is 7.86. The van der Waals surface area contributed by atoms with Crippen LogP contribution in [0.2, 0.25) is 0 Å². The van der Waals surface area contributed by atoms with E-state index in [4.69, 9.17) is 0 Å². The molecule has 5 heteroatoms. The molecule has 1 fully saturated rings. The molecule has 2 aliphatic rings. The van der Waals surface area contributed by atoms with Gasteiger partial charge in [0.2, 0.25) is 0 Å². The average Bonchev–Trinajstić information content (AvgIpc) is 3.03. The SMILES string of the molecule is CC(=O)c1ccn2c1CN(C(=O)NC1CCCCCCCC1)CC2. The van der Waals surface area contributed by atoms with E-state index in [9.17, 15) is 9.59 Å². The van der Waals surface area contributed by atoms with E-state index in [-0.39, 0.29) is 11.8 Å². The molecular weight excluding hydrogens is 302 g/mol. The minimum Gasteiger partial charge on any atom is -0.347 e. The molecule has 0 aromatic carbocycles. The Morgan fingerprint density at radius 1 is 1.04 bits per heavy atom. The fourth-order valence-corrected chi connectivity index (χ4v) is 3.92. The van der Waals surface area contributed by atoms with Crippen LogP contribution in [0, 0.1) is 0 Å². The number of rotatable bonds is 2. The highest BCUT2D eigenvalue weighted by Gasteiger charge is 2.25. The van der Waals surface area contributed by atoms with E-state index in [1.165, 1.54) is 38.5 Å². The zero-order valence-electron chi connectivity index (χ0n) is 14.7. The zero-order valence-corrected chi connectivity index (χ0v) is 14.7. The minimum atomic E-state index is 0.0289. The highest BCUT2D eigenvalue weighted by molar-refractivity contribution is 5.95. The van der Waals surface area contributed by atoms with Crippen LogP contribution in [-0.4, -0.2) is 33.9 Å². The van der Waals surface area contributed by atoms with E-state index in [1.54, 1.807) is 6.92 Å². The van der Waals surface area contributed by atoms with Gasteiger partial charge < -0.3 is 14.8 Å². The van der Waals surface area contributed by atoms with Gasteiger partial charge in [-0.1, -0.05) is 38.5 Å². The van der Waals surface area contributed by atoms with E-state index >= 15 is 0 Å². The molecule has 5 nitrogen and oxygen atoms in total. The monoisotopic (exact) mass is 331 g/mol. The maximum Gasteiger partial charge on any atom is 0.318 e. The van der Waals surface area contributed by atoms with Gasteiger partial charge in [0.1, 0.15) is 0 Å². The molecule has 0 radical (unpaired) electrons. The molecule has 0 atom stereocenters. The Hall–Kier alpha value is -1.78. The predicted octanol–water partition coefficient (Wildman–Crippen LogP) is 3.72. The van der Waals surface area contributed by atoms with E-state index in [0.717, 1.165) is 30.6 Å². The molecule has 0 unspecified atom stereocenters. The highest BCUT2D eigenvalue weighted by atomic mass is 16.2. The topological polar surface area (TPSA) is 54.3 Å². The van der Waals surface area contributed by atoms with Crippen LogP contribution >= 0.6 is 0 Å². The third-order valence-electron chi connectivity index (χ3n) is 5.38. The van der Waals surface area contributed by atoms with Gasteiger partial charge in [-0.25, -0.2) is 4.79 Å². The zero-order chi connectivity index (χ0) is 16.9. The molecule has 1 saturated carbocycles. The number of nitrogens with zero attached hydrogens (tertiary/aromatic N) is 2. The van der Waals surface area contributed by atoms with E-state index in [1.807, 2.05) is 17.2 Å². The van der Waals surface area contributed by atoms with E-state index in [2.05, 4.69) is 9.88 Å². The number of Topliss-reactive ketones (excluding diaryl/α,β-unsaturated/α-hetero) is 1. The smallest absolute Gasteiger partial charge is 0.318 e. The Kier molecular flexibility index (Phi) is 5.59. The molecule has 2 amide bonds. The van der Waals surface area contributed by atoms with Gasteiger partial charge in [-0.15, -0.1) is 0 Å². The number of nitrogens with one attached hydrogen (secondary N) is 1. The summed E-state index contributed by atoms with van der Waals surface area (Å²) in [5.74, 6) is 0.0716. The van der Waals surface area contributed by atoms with Crippen molar-refractivity contribution in [1.82, 2.24) is 14.8 Å². The molecule has 3 rings (SSSR count). The molecule has 1 aliphatic carbocycles. The van der Waals surface area contributed by atoms with E-state index < -0.39 is 0 Å². The Bertz CT molecular complexity index is 583. The van der Waals surface area contributed by atoms with Crippen molar-refractivity contribution in [2.24, 2.45) is 0 Å². The van der Waals surface area contributed by atoms with Gasteiger partial charge in [-0.2, -0.15) is 0 Å². The lowest BCUT2D eigenvalue weighted by Crippen LogP contribution is -2.47. The standard InChI is InChI=1S/C19H29N3O2/c1-15(23)17-10-11-21-12-13-22(14-18(17)21)19(24)20-16-8-6-4-2-3-5-7-9-16/h10-11,16H,2-9,12-14H2,1H3,(H,20,24). The van der Waals surface area contributed by atoms with Gasteiger partial charge in [-0.05, 0) is 25.8 Å². The first-order valence-corrected chi connectivity index (χ1v) is 9.39. The van der Waals surface area contributed by atoms with Crippen LogP contribution in [0.5, 0.6) is 0 Å². The molecular formula is C19H29N3O2. The fourth-order valence-electron chi connectivity index (χ4n) is 3.92. The van der Waals surface area contributed by atoms with Crippen molar-refractivity contribution in [3.05, 3.63) is 23.5 Å². The third-order valence-corrected chi connectivity index (χ3v) is 5.38. The van der Waals surface area contributed by atoms with Crippen LogP contribution in [0.1, 0.15) is 74.3 Å². The van der Waals surface area contributed by atoms with Crippen LogP contribution in [0.25, 0.3) is 0 Å². The number of carbonyl (C=O) groups excluding carboxylic acids is 2. The van der Waals surface area contributed by atoms with Crippen LogP contribution < -0.4 is 5.32 Å². The van der Waals surface area contributed by atoms with Crippen LogP contribution in [0.4, 0.5) is 4.79 Å². The molecule has 0 spiro atoms. The van der Waals surface area contributed by atoms with Gasteiger partial charge in [0.15, 0.2) is 5.78 Å². The summed E-state index contributed by atoms with van der Waals surface area (Å²) in [6, 6.07) is 2.20. The molecule has 1 aliphatic heterocycles. The Morgan fingerprint density at radius 2 is 1.71 bits per heavy atom. The maximum atomic E-state index is 12.7. The lowest BCUT2D eigenvalue weighted by molar-refractivity contribution is 0.101. The summed E-state index contributed by atoms with van der Waals surface area (Å²) in [6.07, 6.45) is 11.8. The second-order valence-electron chi connectivity index (χ2n) is 7.19. The summed E-state index contributed by atoms with van der Waals surface area (Å²) in [4.78, 5) is 26.3. The summed E-state index contributed by atoms with van der Waals surface area (Å²) >= 11 is 0. The van der Waals surface area contributed by atoms with E-state index in [0.29, 0.717) is 19.1 Å². The van der Waals surface area contributed by atoms with Gasteiger partial charge >= 0.3 is 6.03 Å². The number of hydrogen-bond acceptors (Lipinski definition) is 2. The molecule has 24 heavy (non-hydrogen) atoms. The summed E-state index contributed by atoms with van der Waals surface area (Å²) in [7, 11) is 0. The minimum absolute atomic E-state index is 0.0289. The van der Waals surface area contributed by atoms with Crippen molar-refractivity contribution in [2.45, 2.75) is 77.4 Å². The van der Waals surface area contributed by atoms with Crippen molar-refractivity contribution in [1.29, 1.82) is 0 Å². The van der Waals surface area contributed by atoms with Crippen LogP contribution in [0.15, 0.2) is 12.3 Å². The highest BCUT2D eigenvalue weighted by Crippen LogP contribution is 2.20. The van der Waals surface area contributed by atoms with Crippen LogP contribution in [0.3, 0.4) is 0 Å². The molecule has 2 heterocycles. The van der Waals surface area contributed by atoms with Crippen molar-refractivity contribution in [2.75, 3.05) is 6.54 Å². The number of fused-ring (bicyclic) bond motifs is 1. The quantitative estimate of drug-likeness (QED) is 0.840. The molecule has 1 aromatic rings. The first-order valence-electron chi connectivity index (χ1n) is 9.39. The van der Waals surface area contributed by atoms with Crippen molar-refractivity contribution in [3.8, 4) is 0 Å². The van der Waals surface area contributed by atoms with Crippen molar-refractivity contribution in [3.63, 3.8) is 0 Å². The number of ketones is 1. The average molecular weight is 331 g/mol. The van der Waals surface area contributed by atoms with Crippen molar-refractivity contribution >= 4 is 11.8 Å². The molecule has 132 valence electrons. The Morgan fingerprint density at radius 3 is 2.38 bits per heavy atom. The largest absolute Gasteiger partial charge is 0.347 e. The summed E-state index contributed by atoms with van der Waals surface area (Å²) in [6.45, 7) is 3.59. The predicted molar refractivity (Wildman–Crippen MR) is 94.1 cm³/mol. The number of aromatic nitrogens is 1.